The number of para-hydroxylation sites is 2. The molecule has 0 bridgehead atoms. The highest BCUT2D eigenvalue weighted by molar-refractivity contribution is 5.75. The Hall–Kier alpha value is -2.04. The standard InChI is InChI=1S/C15H19N3O2/c1-2-20-15(19)17-9-7-12(8-10-17)18-11-16-13-5-3-4-6-14(13)18/h3-6,11-12H,2,7-10H2,1H3. The Bertz CT molecular complexity index is 600. The minimum atomic E-state index is -0.193. The third-order valence-corrected chi connectivity index (χ3v) is 3.87. The maximum Gasteiger partial charge on any atom is 0.409 e. The van der Waals surface area contributed by atoms with Gasteiger partial charge in [-0.15, -0.1) is 0 Å². The molecule has 0 unspecified atom stereocenters. The van der Waals surface area contributed by atoms with Gasteiger partial charge in [-0.3, -0.25) is 0 Å². The minimum Gasteiger partial charge on any atom is -0.450 e. The quantitative estimate of drug-likeness (QED) is 0.845. The van der Waals surface area contributed by atoms with Crippen LogP contribution in [0.4, 0.5) is 4.79 Å². The van der Waals surface area contributed by atoms with Gasteiger partial charge in [0.2, 0.25) is 0 Å². The molecule has 0 atom stereocenters. The van der Waals surface area contributed by atoms with E-state index >= 15 is 0 Å². The lowest BCUT2D eigenvalue weighted by Crippen LogP contribution is -2.39. The minimum absolute atomic E-state index is 0.193. The Labute approximate surface area is 118 Å². The third-order valence-electron chi connectivity index (χ3n) is 3.87. The third kappa shape index (κ3) is 2.35. The summed E-state index contributed by atoms with van der Waals surface area (Å²) in [7, 11) is 0. The molecule has 0 radical (unpaired) electrons. The molecule has 20 heavy (non-hydrogen) atoms. The molecule has 1 aromatic carbocycles. The molecule has 2 heterocycles. The zero-order valence-electron chi connectivity index (χ0n) is 11.7. The number of hydrogen-bond acceptors (Lipinski definition) is 3. The first kappa shape index (κ1) is 13.0. The zero-order valence-corrected chi connectivity index (χ0v) is 11.7. The number of ether oxygens (including phenoxy) is 1. The van der Waals surface area contributed by atoms with Crippen LogP contribution < -0.4 is 0 Å². The van der Waals surface area contributed by atoms with Crippen molar-refractivity contribution in [1.29, 1.82) is 0 Å². The molecule has 0 aliphatic carbocycles. The van der Waals surface area contributed by atoms with E-state index in [9.17, 15) is 4.79 Å². The van der Waals surface area contributed by atoms with Crippen molar-refractivity contribution in [2.45, 2.75) is 25.8 Å². The van der Waals surface area contributed by atoms with Crippen molar-refractivity contribution in [1.82, 2.24) is 14.5 Å². The fraction of sp³-hybridized carbons (Fsp3) is 0.467. The number of carbonyl (C=O) groups excluding carboxylic acids is 1. The fourth-order valence-corrected chi connectivity index (χ4v) is 2.81. The van der Waals surface area contributed by atoms with Gasteiger partial charge in [0.15, 0.2) is 0 Å². The number of likely N-dealkylation sites (tertiary alicyclic amines) is 1. The number of rotatable bonds is 2. The maximum absolute atomic E-state index is 11.7. The lowest BCUT2D eigenvalue weighted by Gasteiger charge is -2.32. The van der Waals surface area contributed by atoms with Crippen molar-refractivity contribution in [3.05, 3.63) is 30.6 Å². The molecule has 0 saturated carbocycles. The number of amides is 1. The largest absolute Gasteiger partial charge is 0.450 e. The van der Waals surface area contributed by atoms with Crippen LogP contribution in [-0.2, 0) is 4.74 Å². The summed E-state index contributed by atoms with van der Waals surface area (Å²) in [5.41, 5.74) is 2.20. The van der Waals surface area contributed by atoms with Crippen LogP contribution in [0.2, 0.25) is 0 Å². The van der Waals surface area contributed by atoms with Gasteiger partial charge in [-0.25, -0.2) is 9.78 Å². The predicted octanol–water partition coefficient (Wildman–Crippen LogP) is 2.83. The summed E-state index contributed by atoms with van der Waals surface area (Å²) in [6, 6.07) is 8.57. The molecule has 3 rings (SSSR count). The summed E-state index contributed by atoms with van der Waals surface area (Å²) < 4.78 is 7.28. The molecule has 1 fully saturated rings. The summed E-state index contributed by atoms with van der Waals surface area (Å²) in [5, 5.41) is 0. The van der Waals surface area contributed by atoms with E-state index in [0.29, 0.717) is 12.6 Å². The number of hydrogen-bond donors (Lipinski definition) is 0. The van der Waals surface area contributed by atoms with Crippen LogP contribution in [0, 0.1) is 0 Å². The van der Waals surface area contributed by atoms with Crippen LogP contribution in [0.5, 0.6) is 0 Å². The van der Waals surface area contributed by atoms with E-state index in [4.69, 9.17) is 4.74 Å². The molecule has 1 aliphatic rings. The van der Waals surface area contributed by atoms with Crippen LogP contribution in [-0.4, -0.2) is 40.2 Å². The predicted molar refractivity (Wildman–Crippen MR) is 76.6 cm³/mol. The van der Waals surface area contributed by atoms with Gasteiger partial charge in [-0.2, -0.15) is 0 Å². The normalized spacial score (nSPS) is 16.6. The molecular weight excluding hydrogens is 254 g/mol. The molecule has 0 spiro atoms. The Kier molecular flexibility index (Phi) is 3.58. The van der Waals surface area contributed by atoms with Crippen LogP contribution in [0.25, 0.3) is 11.0 Å². The van der Waals surface area contributed by atoms with Gasteiger partial charge in [-0.05, 0) is 31.9 Å². The van der Waals surface area contributed by atoms with E-state index < -0.39 is 0 Å². The Balaban J connectivity index is 1.70. The number of benzene rings is 1. The van der Waals surface area contributed by atoms with E-state index in [1.807, 2.05) is 31.5 Å². The van der Waals surface area contributed by atoms with Gasteiger partial charge < -0.3 is 14.2 Å². The summed E-state index contributed by atoms with van der Waals surface area (Å²) in [4.78, 5) is 17.9. The molecule has 1 saturated heterocycles. The highest BCUT2D eigenvalue weighted by Crippen LogP contribution is 2.26. The van der Waals surface area contributed by atoms with E-state index in [2.05, 4.69) is 15.6 Å². The summed E-state index contributed by atoms with van der Waals surface area (Å²) in [6.45, 7) is 3.76. The summed E-state index contributed by atoms with van der Waals surface area (Å²) in [6.07, 6.45) is 3.61. The molecular formula is C15H19N3O2. The van der Waals surface area contributed by atoms with Gasteiger partial charge in [0, 0.05) is 19.1 Å². The number of fused-ring (bicyclic) bond motifs is 1. The molecule has 0 N–H and O–H groups in total. The SMILES string of the molecule is CCOC(=O)N1CCC(n2cnc3ccccc32)CC1. The Morgan fingerprint density at radius 3 is 2.85 bits per heavy atom. The number of imidazole rings is 1. The van der Waals surface area contributed by atoms with Crippen LogP contribution in [0.1, 0.15) is 25.8 Å². The first-order valence-electron chi connectivity index (χ1n) is 7.13. The number of carbonyl (C=O) groups is 1. The van der Waals surface area contributed by atoms with Crippen molar-refractivity contribution >= 4 is 17.1 Å². The van der Waals surface area contributed by atoms with Crippen molar-refractivity contribution in [2.24, 2.45) is 0 Å². The summed E-state index contributed by atoms with van der Waals surface area (Å²) >= 11 is 0. The highest BCUT2D eigenvalue weighted by atomic mass is 16.6. The van der Waals surface area contributed by atoms with Crippen LogP contribution in [0.3, 0.4) is 0 Å². The molecule has 5 heteroatoms. The lowest BCUT2D eigenvalue weighted by molar-refractivity contribution is 0.0930. The Morgan fingerprint density at radius 1 is 1.35 bits per heavy atom. The maximum atomic E-state index is 11.7. The average molecular weight is 273 g/mol. The first-order valence-corrected chi connectivity index (χ1v) is 7.13. The van der Waals surface area contributed by atoms with Gasteiger partial charge >= 0.3 is 6.09 Å². The van der Waals surface area contributed by atoms with Crippen LogP contribution in [0.15, 0.2) is 30.6 Å². The van der Waals surface area contributed by atoms with E-state index in [0.717, 1.165) is 31.4 Å². The second-order valence-corrected chi connectivity index (χ2v) is 5.06. The van der Waals surface area contributed by atoms with Gasteiger partial charge in [-0.1, -0.05) is 12.1 Å². The topological polar surface area (TPSA) is 47.4 Å². The van der Waals surface area contributed by atoms with Crippen molar-refractivity contribution < 1.29 is 9.53 Å². The highest BCUT2D eigenvalue weighted by Gasteiger charge is 2.25. The van der Waals surface area contributed by atoms with E-state index in [1.54, 1.807) is 4.90 Å². The molecule has 5 nitrogen and oxygen atoms in total. The number of nitrogens with zero attached hydrogens (tertiary/aromatic N) is 3. The van der Waals surface area contributed by atoms with Crippen molar-refractivity contribution in [2.75, 3.05) is 19.7 Å². The van der Waals surface area contributed by atoms with E-state index in [1.165, 1.54) is 5.52 Å². The molecule has 1 aliphatic heterocycles. The molecule has 106 valence electrons. The smallest absolute Gasteiger partial charge is 0.409 e. The number of piperidine rings is 1. The zero-order chi connectivity index (χ0) is 13.9. The van der Waals surface area contributed by atoms with Gasteiger partial charge in [0.25, 0.3) is 0 Å². The van der Waals surface area contributed by atoms with Gasteiger partial charge in [0.1, 0.15) is 0 Å². The second kappa shape index (κ2) is 5.53. The summed E-state index contributed by atoms with van der Waals surface area (Å²) in [5.74, 6) is 0. The number of aromatic nitrogens is 2. The second-order valence-electron chi connectivity index (χ2n) is 5.06. The lowest BCUT2D eigenvalue weighted by atomic mass is 10.1. The van der Waals surface area contributed by atoms with Crippen molar-refractivity contribution in [3.8, 4) is 0 Å². The Morgan fingerprint density at radius 2 is 2.10 bits per heavy atom. The van der Waals surface area contributed by atoms with Gasteiger partial charge in [0.05, 0.1) is 24.0 Å². The molecule has 1 aromatic heterocycles. The van der Waals surface area contributed by atoms with E-state index in [-0.39, 0.29) is 6.09 Å². The monoisotopic (exact) mass is 273 g/mol. The molecule has 1 amide bonds. The average Bonchev–Trinajstić information content (AvgIpc) is 2.92. The fourth-order valence-electron chi connectivity index (χ4n) is 2.81. The molecule has 2 aromatic rings. The first-order chi connectivity index (χ1) is 9.79. The van der Waals surface area contributed by atoms with Crippen molar-refractivity contribution in [3.63, 3.8) is 0 Å². The van der Waals surface area contributed by atoms with Crippen LogP contribution >= 0.6 is 0 Å².